The normalized spacial score (nSPS) is 18.7. The summed E-state index contributed by atoms with van der Waals surface area (Å²) >= 11 is 0. The van der Waals surface area contributed by atoms with Gasteiger partial charge in [0.2, 0.25) is 0 Å². The van der Waals surface area contributed by atoms with E-state index in [-0.39, 0.29) is 43.4 Å². The number of alkyl halides is 1. The summed E-state index contributed by atoms with van der Waals surface area (Å²) in [6, 6.07) is 22.1. The molecule has 276 valence electrons. The summed E-state index contributed by atoms with van der Waals surface area (Å²) in [7, 11) is 0. The minimum absolute atomic E-state index is 0.0374. The first-order chi connectivity index (χ1) is 24.9. The van der Waals surface area contributed by atoms with Crippen LogP contribution >= 0.6 is 0 Å². The predicted molar refractivity (Wildman–Crippen MR) is 191 cm³/mol. The minimum atomic E-state index is -1.28. The Morgan fingerprint density at radius 2 is 1.58 bits per heavy atom. The van der Waals surface area contributed by atoms with Crippen molar-refractivity contribution in [3.05, 3.63) is 114 Å². The Morgan fingerprint density at radius 1 is 0.904 bits per heavy atom. The lowest BCUT2D eigenvalue weighted by Crippen LogP contribution is -2.44. The molecule has 0 bridgehead atoms. The molecule has 1 unspecified atom stereocenters. The summed E-state index contributed by atoms with van der Waals surface area (Å²) in [5, 5.41) is 3.59. The molecule has 2 aliphatic rings. The number of halogens is 3. The van der Waals surface area contributed by atoms with Crippen molar-refractivity contribution in [3.63, 3.8) is 0 Å². The number of piperidine rings is 1. The highest BCUT2D eigenvalue weighted by Crippen LogP contribution is 2.35. The Morgan fingerprint density at radius 3 is 2.25 bits per heavy atom. The molecular weight excluding hydrogens is 671 g/mol. The first-order valence-electron chi connectivity index (χ1n) is 17.8. The van der Waals surface area contributed by atoms with Gasteiger partial charge in [0.25, 0.3) is 0 Å². The monoisotopic (exact) mass is 717 g/mol. The van der Waals surface area contributed by atoms with Crippen molar-refractivity contribution < 1.29 is 32.2 Å². The summed E-state index contributed by atoms with van der Waals surface area (Å²) < 4.78 is 58.0. The maximum absolute atomic E-state index is 15.5. The van der Waals surface area contributed by atoms with Gasteiger partial charge < -0.3 is 29.2 Å². The first kappa shape index (κ1) is 36.9. The van der Waals surface area contributed by atoms with Gasteiger partial charge in [0.15, 0.2) is 0 Å². The van der Waals surface area contributed by atoms with Gasteiger partial charge in [0.05, 0.1) is 18.3 Å². The van der Waals surface area contributed by atoms with Gasteiger partial charge in [-0.15, -0.1) is 0 Å². The number of rotatable bonds is 10. The van der Waals surface area contributed by atoms with Gasteiger partial charge in [-0.25, -0.2) is 27.7 Å². The van der Waals surface area contributed by atoms with Crippen LogP contribution in [0.3, 0.4) is 0 Å². The Balaban J connectivity index is 1.26. The zero-order chi connectivity index (χ0) is 36.8. The van der Waals surface area contributed by atoms with Gasteiger partial charge in [0, 0.05) is 50.4 Å². The number of hydrogen-bond donors (Lipinski definition) is 1. The van der Waals surface area contributed by atoms with Crippen molar-refractivity contribution in [2.45, 2.75) is 64.6 Å². The van der Waals surface area contributed by atoms with Crippen LogP contribution in [0.4, 0.5) is 22.8 Å². The third-order valence-corrected chi connectivity index (χ3v) is 9.57. The second kappa shape index (κ2) is 16.2. The van der Waals surface area contributed by atoms with Crippen LogP contribution < -0.4 is 5.32 Å². The molecule has 3 heterocycles. The molecule has 12 heteroatoms. The highest BCUT2D eigenvalue weighted by molar-refractivity contribution is 5.69. The number of ether oxygens (including phenoxy) is 2. The largest absolute Gasteiger partial charge is 0.445 e. The van der Waals surface area contributed by atoms with E-state index >= 15 is 8.78 Å². The van der Waals surface area contributed by atoms with Crippen LogP contribution in [0.5, 0.6) is 0 Å². The number of hydrogen-bond acceptors (Lipinski definition) is 6. The summed E-state index contributed by atoms with van der Waals surface area (Å²) in [5.74, 6) is -1.16. The molecule has 9 nitrogen and oxygen atoms in total. The van der Waals surface area contributed by atoms with Crippen LogP contribution in [-0.2, 0) is 22.6 Å². The molecule has 0 aliphatic carbocycles. The van der Waals surface area contributed by atoms with Crippen LogP contribution in [0.15, 0.2) is 85.1 Å². The molecule has 2 saturated heterocycles. The topological polar surface area (TPSA) is 88.9 Å². The van der Waals surface area contributed by atoms with E-state index in [1.54, 1.807) is 31.9 Å². The maximum Gasteiger partial charge on any atom is 0.410 e. The van der Waals surface area contributed by atoms with Crippen molar-refractivity contribution in [3.8, 4) is 11.3 Å². The molecule has 4 aromatic rings. The average Bonchev–Trinajstić information content (AvgIpc) is 3.71. The number of carbonyl (C=O) groups is 2. The summed E-state index contributed by atoms with van der Waals surface area (Å²) in [4.78, 5) is 33.8. The van der Waals surface area contributed by atoms with Crippen molar-refractivity contribution in [2.75, 3.05) is 32.7 Å². The summed E-state index contributed by atoms with van der Waals surface area (Å²) in [6.07, 6.45) is 0.683. The highest BCUT2D eigenvalue weighted by Gasteiger charge is 2.39. The maximum atomic E-state index is 15.5. The van der Waals surface area contributed by atoms with E-state index in [2.05, 4.69) is 5.32 Å². The standard InChI is InChI=1S/C40H46F3N5O4/c1-40(2,3)52-39(50)48-23-30(34(43)24-48)21-44-36(29-16-18-46(19-17-29)38(49)51-26-28-12-8-5-9-13-28)37-45-35(32-20-31(41)14-15-33(32)42)25-47(37)22-27-10-6-4-7-11-27/h4-15,20,25,29-30,34,36,44H,16-19,21-24,26H2,1-3H3/t30-,34+,36?/m1/s1. The van der Waals surface area contributed by atoms with E-state index in [9.17, 15) is 14.0 Å². The van der Waals surface area contributed by atoms with E-state index < -0.39 is 47.6 Å². The molecule has 3 aromatic carbocycles. The van der Waals surface area contributed by atoms with Crippen LogP contribution in [0.2, 0.25) is 0 Å². The highest BCUT2D eigenvalue weighted by atomic mass is 19.1. The number of likely N-dealkylation sites (tertiary alicyclic amines) is 2. The summed E-state index contributed by atoms with van der Waals surface area (Å²) in [5.41, 5.74) is 1.48. The second-order valence-corrected chi connectivity index (χ2v) is 14.6. The lowest BCUT2D eigenvalue weighted by atomic mass is 9.88. The van der Waals surface area contributed by atoms with Gasteiger partial charge in [-0.1, -0.05) is 60.7 Å². The lowest BCUT2D eigenvalue weighted by molar-refractivity contribution is 0.0280. The van der Waals surface area contributed by atoms with Crippen molar-refractivity contribution in [1.29, 1.82) is 0 Å². The molecule has 2 aliphatic heterocycles. The van der Waals surface area contributed by atoms with E-state index in [4.69, 9.17) is 14.5 Å². The molecule has 6 rings (SSSR count). The number of nitrogens with one attached hydrogen (secondary N) is 1. The zero-order valence-electron chi connectivity index (χ0n) is 29.8. The lowest BCUT2D eigenvalue weighted by Gasteiger charge is -2.36. The summed E-state index contributed by atoms with van der Waals surface area (Å²) in [6.45, 7) is 7.10. The van der Waals surface area contributed by atoms with Gasteiger partial charge in [-0.05, 0) is 68.9 Å². The number of carbonyl (C=O) groups excluding carboxylic acids is 2. The van der Waals surface area contributed by atoms with Crippen LogP contribution in [0, 0.1) is 23.5 Å². The Bertz CT molecular complexity index is 1810. The Labute approximate surface area is 302 Å². The molecule has 52 heavy (non-hydrogen) atoms. The molecule has 3 atom stereocenters. The van der Waals surface area contributed by atoms with Crippen LogP contribution in [-0.4, -0.2) is 76.0 Å². The molecule has 1 aromatic heterocycles. The average molecular weight is 718 g/mol. The van der Waals surface area contributed by atoms with E-state index in [0.717, 1.165) is 29.3 Å². The molecule has 0 radical (unpaired) electrons. The van der Waals surface area contributed by atoms with Gasteiger partial charge in [-0.2, -0.15) is 0 Å². The third kappa shape index (κ3) is 9.33. The molecule has 2 amide bonds. The fourth-order valence-corrected chi connectivity index (χ4v) is 6.88. The molecule has 2 fully saturated rings. The Hall–Kier alpha value is -4.84. The SMILES string of the molecule is CC(C)(C)OC(=O)N1C[C@@H](CNC(c2nc(-c3cc(F)ccc3F)cn2Cc2ccccc2)C2CCN(C(=O)OCc3ccccc3)CC2)[C@@H](F)C1. The number of aromatic nitrogens is 2. The molecule has 0 spiro atoms. The van der Waals surface area contributed by atoms with Crippen LogP contribution in [0.1, 0.15) is 56.6 Å². The fourth-order valence-electron chi connectivity index (χ4n) is 6.88. The van der Waals surface area contributed by atoms with E-state index in [1.165, 1.54) is 4.90 Å². The molecule has 1 N–H and O–H groups in total. The quantitative estimate of drug-likeness (QED) is 0.181. The van der Waals surface area contributed by atoms with Gasteiger partial charge >= 0.3 is 12.2 Å². The van der Waals surface area contributed by atoms with E-state index in [0.29, 0.717) is 38.3 Å². The fraction of sp³-hybridized carbons (Fsp3) is 0.425. The van der Waals surface area contributed by atoms with Crippen molar-refractivity contribution >= 4 is 12.2 Å². The predicted octanol–water partition coefficient (Wildman–Crippen LogP) is 7.76. The van der Waals surface area contributed by atoms with Crippen molar-refractivity contribution in [2.24, 2.45) is 11.8 Å². The number of amides is 2. The number of imidazole rings is 1. The smallest absolute Gasteiger partial charge is 0.410 e. The third-order valence-electron chi connectivity index (χ3n) is 9.57. The second-order valence-electron chi connectivity index (χ2n) is 14.6. The molecule has 0 saturated carbocycles. The first-order valence-corrected chi connectivity index (χ1v) is 17.8. The van der Waals surface area contributed by atoms with E-state index in [1.807, 2.05) is 65.2 Å². The van der Waals surface area contributed by atoms with Gasteiger partial charge in [0.1, 0.15) is 35.8 Å². The molecular formula is C40H46F3N5O4. The minimum Gasteiger partial charge on any atom is -0.445 e. The van der Waals surface area contributed by atoms with Crippen molar-refractivity contribution in [1.82, 2.24) is 24.7 Å². The zero-order valence-corrected chi connectivity index (χ0v) is 29.8. The van der Waals surface area contributed by atoms with Gasteiger partial charge in [-0.3, -0.25) is 0 Å². The van der Waals surface area contributed by atoms with Crippen LogP contribution in [0.25, 0.3) is 11.3 Å². The number of nitrogens with zero attached hydrogens (tertiary/aromatic N) is 4. The Kier molecular flexibility index (Phi) is 11.5. The number of benzene rings is 3.